The number of H-pyrrole nitrogens is 2. The second kappa shape index (κ2) is 8.47. The van der Waals surface area contributed by atoms with Crippen LogP contribution >= 0.6 is 11.6 Å². The minimum atomic E-state index is -0.455. The number of nitrogens with zero attached hydrogens (tertiary/aromatic N) is 2. The normalized spacial score (nSPS) is 11.3. The third-order valence-electron chi connectivity index (χ3n) is 5.32. The van der Waals surface area contributed by atoms with Crippen LogP contribution in [0.1, 0.15) is 6.42 Å². The Balaban J connectivity index is 1.38. The third-order valence-corrected chi connectivity index (χ3v) is 5.61. The molecule has 0 spiro atoms. The summed E-state index contributed by atoms with van der Waals surface area (Å²) < 4.78 is 27.1. The molecule has 2 heterocycles. The summed E-state index contributed by atoms with van der Waals surface area (Å²) in [6.07, 6.45) is 6.34. The average molecular weight is 454 g/mol. The van der Waals surface area contributed by atoms with E-state index in [9.17, 15) is 4.39 Å². The van der Waals surface area contributed by atoms with Crippen LogP contribution < -0.4 is 14.8 Å². The van der Waals surface area contributed by atoms with Crippen molar-refractivity contribution >= 4 is 33.9 Å². The van der Waals surface area contributed by atoms with Gasteiger partial charge >= 0.3 is 0 Å². The number of benzene rings is 2. The quantitative estimate of drug-likeness (QED) is 0.259. The number of rotatable bonds is 8. The number of nitrogens with one attached hydrogen (secondary N) is 3. The second-order valence-corrected chi connectivity index (χ2v) is 7.81. The minimum Gasteiger partial charge on any atom is -0.493 e. The van der Waals surface area contributed by atoms with Gasteiger partial charge in [0.1, 0.15) is 11.6 Å². The van der Waals surface area contributed by atoms with E-state index < -0.39 is 5.82 Å². The van der Waals surface area contributed by atoms with Gasteiger partial charge in [-0.25, -0.2) is 9.37 Å². The Kier molecular flexibility index (Phi) is 5.36. The molecule has 9 heteroatoms. The van der Waals surface area contributed by atoms with Crippen molar-refractivity contribution in [1.29, 1.82) is 0 Å². The van der Waals surface area contributed by atoms with Crippen LogP contribution in [0.2, 0.25) is 5.02 Å². The fourth-order valence-electron chi connectivity index (χ4n) is 3.75. The predicted molar refractivity (Wildman–Crippen MR) is 123 cm³/mol. The van der Waals surface area contributed by atoms with Gasteiger partial charge in [-0.3, -0.25) is 10.2 Å². The molecule has 164 valence electrons. The van der Waals surface area contributed by atoms with Gasteiger partial charge in [0.25, 0.3) is 0 Å². The highest BCUT2D eigenvalue weighted by molar-refractivity contribution is 6.31. The molecule has 0 amide bonds. The number of methoxy groups -OCH3 is 1. The Labute approximate surface area is 188 Å². The van der Waals surface area contributed by atoms with E-state index in [0.717, 1.165) is 40.8 Å². The number of aromatic amines is 2. The summed E-state index contributed by atoms with van der Waals surface area (Å²) in [6.45, 7) is 1.40. The number of aromatic nitrogens is 4. The maximum absolute atomic E-state index is 13.5. The highest BCUT2D eigenvalue weighted by atomic mass is 35.5. The summed E-state index contributed by atoms with van der Waals surface area (Å²) in [7, 11) is 1.63. The van der Waals surface area contributed by atoms with Crippen LogP contribution in [0, 0.1) is 5.82 Å². The Bertz CT molecular complexity index is 1330. The molecule has 2 aliphatic rings. The second-order valence-electron chi connectivity index (χ2n) is 7.40. The highest BCUT2D eigenvalue weighted by Gasteiger charge is 2.20. The van der Waals surface area contributed by atoms with Crippen molar-refractivity contribution in [2.75, 3.05) is 19.0 Å². The molecule has 0 saturated heterocycles. The summed E-state index contributed by atoms with van der Waals surface area (Å²) in [4.78, 5) is 4.05. The van der Waals surface area contributed by atoms with Crippen molar-refractivity contribution in [3.05, 3.63) is 66.0 Å². The fraction of sp³-hybridized carbons (Fsp3) is 0.174. The summed E-state index contributed by atoms with van der Waals surface area (Å²) >= 11 is 5.90. The van der Waals surface area contributed by atoms with Crippen molar-refractivity contribution in [2.24, 2.45) is 0 Å². The maximum Gasteiger partial charge on any atom is 0.161 e. The molecule has 32 heavy (non-hydrogen) atoms. The average Bonchev–Trinajstić information content (AvgIpc) is 3.51. The minimum absolute atomic E-state index is 0.0639. The lowest BCUT2D eigenvalue weighted by Gasteiger charge is -2.11. The van der Waals surface area contributed by atoms with Crippen LogP contribution in [0.25, 0.3) is 22.0 Å². The lowest BCUT2D eigenvalue weighted by Crippen LogP contribution is -2.04. The van der Waals surface area contributed by atoms with E-state index in [0.29, 0.717) is 23.8 Å². The lowest BCUT2D eigenvalue weighted by molar-refractivity contribution is 0.283. The Morgan fingerprint density at radius 1 is 1.16 bits per heavy atom. The number of anilines is 2. The summed E-state index contributed by atoms with van der Waals surface area (Å²) in [5.41, 5.74) is 2.57. The van der Waals surface area contributed by atoms with E-state index in [1.165, 1.54) is 6.07 Å². The number of ether oxygens (including phenoxy) is 2. The van der Waals surface area contributed by atoms with Crippen molar-refractivity contribution in [3.8, 4) is 22.8 Å². The maximum atomic E-state index is 13.5. The zero-order chi connectivity index (χ0) is 22.1. The van der Waals surface area contributed by atoms with Gasteiger partial charge < -0.3 is 19.4 Å². The molecule has 5 rings (SSSR count). The predicted octanol–water partition coefficient (Wildman–Crippen LogP) is 5.81. The van der Waals surface area contributed by atoms with Crippen LogP contribution in [-0.4, -0.2) is 33.5 Å². The topological polar surface area (TPSA) is 79.9 Å². The van der Waals surface area contributed by atoms with Crippen LogP contribution in [0.4, 0.5) is 15.9 Å². The van der Waals surface area contributed by atoms with Gasteiger partial charge in [0.05, 0.1) is 30.8 Å². The van der Waals surface area contributed by atoms with Crippen molar-refractivity contribution in [3.63, 3.8) is 0 Å². The Morgan fingerprint density at radius 2 is 2.06 bits per heavy atom. The van der Waals surface area contributed by atoms with Crippen molar-refractivity contribution < 1.29 is 13.9 Å². The standard InChI is InChI=1S/C23H21ClFN5O2/c1-31-20-12-16-14(10-21(20)32-8-2-6-30-7-5-26-13-30)9-17-22(16)28-29-23(17)27-15-3-4-19(25)18(24)11-15/h3-5,7,9-13,27-29H,2,6,8H2,1H3. The molecular formula is C23H21ClFN5O2. The molecule has 3 N–H and O–H groups in total. The van der Waals surface area contributed by atoms with Crippen LogP contribution in [0.15, 0.2) is 55.1 Å². The van der Waals surface area contributed by atoms with Crippen LogP contribution in [0.5, 0.6) is 11.5 Å². The van der Waals surface area contributed by atoms with Gasteiger partial charge in [-0.15, -0.1) is 0 Å². The zero-order valence-electron chi connectivity index (χ0n) is 17.3. The fourth-order valence-corrected chi connectivity index (χ4v) is 3.93. The van der Waals surface area contributed by atoms with E-state index in [4.69, 9.17) is 21.1 Å². The Hall–Kier alpha value is -3.65. The third kappa shape index (κ3) is 3.85. The first-order valence-corrected chi connectivity index (χ1v) is 10.5. The van der Waals surface area contributed by atoms with Crippen molar-refractivity contribution in [1.82, 2.24) is 19.7 Å². The first-order valence-electron chi connectivity index (χ1n) is 10.1. The van der Waals surface area contributed by atoms with Crippen LogP contribution in [0.3, 0.4) is 0 Å². The molecule has 0 bridgehead atoms. The molecule has 0 fully saturated rings. The van der Waals surface area contributed by atoms with Gasteiger partial charge in [0.15, 0.2) is 11.5 Å². The van der Waals surface area contributed by atoms with Crippen LogP contribution in [-0.2, 0) is 6.54 Å². The number of aryl methyl sites for hydroxylation is 1. The van der Waals surface area contributed by atoms with E-state index in [1.54, 1.807) is 31.8 Å². The largest absolute Gasteiger partial charge is 0.493 e. The van der Waals surface area contributed by atoms with Gasteiger partial charge in [-0.2, -0.15) is 0 Å². The number of hydrogen-bond acceptors (Lipinski definition) is 4. The first kappa shape index (κ1) is 20.3. The molecular weight excluding hydrogens is 433 g/mol. The molecule has 0 unspecified atom stereocenters. The van der Waals surface area contributed by atoms with E-state index in [1.807, 2.05) is 22.9 Å². The first-order chi connectivity index (χ1) is 15.6. The molecule has 0 saturated carbocycles. The van der Waals surface area contributed by atoms with E-state index in [2.05, 4.69) is 26.6 Å². The molecule has 0 atom stereocenters. The van der Waals surface area contributed by atoms with E-state index >= 15 is 0 Å². The summed E-state index contributed by atoms with van der Waals surface area (Å²) in [6, 6.07) is 10.5. The number of imidazole rings is 1. The number of halogens is 2. The Morgan fingerprint density at radius 3 is 2.84 bits per heavy atom. The molecule has 0 radical (unpaired) electrons. The highest BCUT2D eigenvalue weighted by Crippen LogP contribution is 2.43. The van der Waals surface area contributed by atoms with Gasteiger partial charge in [0, 0.05) is 35.6 Å². The molecule has 3 aromatic rings. The molecule has 2 aromatic carbocycles. The smallest absolute Gasteiger partial charge is 0.161 e. The number of hydrogen-bond donors (Lipinski definition) is 3. The van der Waals surface area contributed by atoms with Gasteiger partial charge in [-0.05, 0) is 48.2 Å². The summed E-state index contributed by atoms with van der Waals surface area (Å²) in [5, 5.41) is 11.7. The summed E-state index contributed by atoms with van der Waals surface area (Å²) in [5.74, 6) is 1.66. The number of fused-ring (bicyclic) bond motifs is 3. The van der Waals surface area contributed by atoms with Gasteiger partial charge in [-0.1, -0.05) is 11.6 Å². The lowest BCUT2D eigenvalue weighted by atomic mass is 10.2. The van der Waals surface area contributed by atoms with Crippen molar-refractivity contribution in [2.45, 2.75) is 13.0 Å². The monoisotopic (exact) mass is 453 g/mol. The van der Waals surface area contributed by atoms with Gasteiger partial charge in [0.2, 0.25) is 0 Å². The zero-order valence-corrected chi connectivity index (χ0v) is 18.0. The molecule has 1 aromatic heterocycles. The molecule has 1 aliphatic carbocycles. The SMILES string of the molecule is COc1cc2c3[nH][nH]c(Nc4ccc(F)c(Cl)c4)c-3cc2cc1OCCCn1ccnc1. The molecule has 7 nitrogen and oxygen atoms in total. The molecule has 1 aliphatic heterocycles. The van der Waals surface area contributed by atoms with E-state index in [-0.39, 0.29) is 5.02 Å².